The standard InChI is InChI=1S/C13H13ClN2/c14-9-13(6-7-13)16-12-11-4-2-1-3-10(11)5-8-15-12/h1-5,8H,6-7,9H2,(H,15,16). The predicted octanol–water partition coefficient (Wildman–Crippen LogP) is 3.42. The Bertz CT molecular complexity index is 515. The number of benzene rings is 1. The van der Waals surface area contributed by atoms with Gasteiger partial charge in [0.1, 0.15) is 5.82 Å². The Morgan fingerprint density at radius 3 is 2.81 bits per heavy atom. The summed E-state index contributed by atoms with van der Waals surface area (Å²) in [6.07, 6.45) is 4.12. The minimum atomic E-state index is 0.0959. The fourth-order valence-electron chi connectivity index (χ4n) is 1.91. The average Bonchev–Trinajstić information content (AvgIpc) is 3.10. The number of pyridine rings is 1. The van der Waals surface area contributed by atoms with E-state index in [0.717, 1.165) is 18.7 Å². The molecule has 0 saturated heterocycles. The first-order valence-corrected chi connectivity index (χ1v) is 6.04. The third kappa shape index (κ3) is 1.63. The molecule has 1 aliphatic carbocycles. The van der Waals surface area contributed by atoms with Crippen LogP contribution >= 0.6 is 11.6 Å². The van der Waals surface area contributed by atoms with Crippen LogP contribution in [0.25, 0.3) is 10.8 Å². The van der Waals surface area contributed by atoms with Crippen LogP contribution in [0.2, 0.25) is 0 Å². The Hall–Kier alpha value is -1.28. The summed E-state index contributed by atoms with van der Waals surface area (Å²) in [5.41, 5.74) is 0.0959. The molecule has 1 aromatic carbocycles. The number of aromatic nitrogens is 1. The van der Waals surface area contributed by atoms with Crippen molar-refractivity contribution in [3.05, 3.63) is 36.5 Å². The SMILES string of the molecule is ClCC1(Nc2nccc3ccccc23)CC1. The Labute approximate surface area is 99.6 Å². The van der Waals surface area contributed by atoms with Gasteiger partial charge in [0, 0.05) is 17.5 Å². The molecule has 1 saturated carbocycles. The molecular weight excluding hydrogens is 220 g/mol. The van der Waals surface area contributed by atoms with Crippen molar-refractivity contribution in [3.8, 4) is 0 Å². The molecule has 0 spiro atoms. The third-order valence-electron chi connectivity index (χ3n) is 3.17. The number of anilines is 1. The fraction of sp³-hybridized carbons (Fsp3) is 0.308. The van der Waals surface area contributed by atoms with E-state index in [2.05, 4.69) is 22.4 Å². The third-order valence-corrected chi connectivity index (χ3v) is 3.68. The first-order chi connectivity index (χ1) is 7.83. The van der Waals surface area contributed by atoms with E-state index in [1.807, 2.05) is 24.4 Å². The first-order valence-electron chi connectivity index (χ1n) is 5.51. The molecule has 0 bridgehead atoms. The topological polar surface area (TPSA) is 24.9 Å². The number of halogens is 1. The summed E-state index contributed by atoms with van der Waals surface area (Å²) in [6.45, 7) is 0. The summed E-state index contributed by atoms with van der Waals surface area (Å²) < 4.78 is 0. The molecule has 82 valence electrons. The second-order valence-corrected chi connectivity index (χ2v) is 4.69. The van der Waals surface area contributed by atoms with Gasteiger partial charge in [-0.1, -0.05) is 24.3 Å². The van der Waals surface area contributed by atoms with Gasteiger partial charge in [0.2, 0.25) is 0 Å². The van der Waals surface area contributed by atoms with Crippen molar-refractivity contribution < 1.29 is 0 Å². The first kappa shape index (κ1) is 9.91. The second kappa shape index (κ2) is 3.63. The lowest BCUT2D eigenvalue weighted by molar-refractivity contribution is 0.832. The maximum Gasteiger partial charge on any atom is 0.134 e. The van der Waals surface area contributed by atoms with Crippen LogP contribution in [0.3, 0.4) is 0 Å². The van der Waals surface area contributed by atoms with Gasteiger partial charge in [-0.2, -0.15) is 0 Å². The summed E-state index contributed by atoms with van der Waals surface area (Å²) >= 11 is 5.97. The summed E-state index contributed by atoms with van der Waals surface area (Å²) in [5.74, 6) is 1.61. The van der Waals surface area contributed by atoms with E-state index < -0.39 is 0 Å². The number of hydrogen-bond donors (Lipinski definition) is 1. The fourth-order valence-corrected chi connectivity index (χ4v) is 2.25. The van der Waals surface area contributed by atoms with Gasteiger partial charge >= 0.3 is 0 Å². The summed E-state index contributed by atoms with van der Waals surface area (Å²) in [4.78, 5) is 4.41. The van der Waals surface area contributed by atoms with Crippen molar-refractivity contribution in [2.24, 2.45) is 0 Å². The molecule has 1 N–H and O–H groups in total. The van der Waals surface area contributed by atoms with E-state index in [0.29, 0.717) is 5.88 Å². The molecule has 3 heteroatoms. The highest BCUT2D eigenvalue weighted by Gasteiger charge is 2.42. The minimum absolute atomic E-state index is 0.0959. The van der Waals surface area contributed by atoms with Gasteiger partial charge in [-0.3, -0.25) is 0 Å². The molecule has 2 aromatic rings. The molecule has 0 radical (unpaired) electrons. The molecule has 1 heterocycles. The van der Waals surface area contributed by atoms with Gasteiger partial charge in [0.25, 0.3) is 0 Å². The van der Waals surface area contributed by atoms with Crippen molar-refractivity contribution in [2.75, 3.05) is 11.2 Å². The van der Waals surface area contributed by atoms with Crippen LogP contribution in [0.4, 0.5) is 5.82 Å². The van der Waals surface area contributed by atoms with Crippen molar-refractivity contribution in [2.45, 2.75) is 18.4 Å². The Morgan fingerprint density at radius 2 is 2.06 bits per heavy atom. The molecule has 3 rings (SSSR count). The minimum Gasteiger partial charge on any atom is -0.363 e. The second-order valence-electron chi connectivity index (χ2n) is 4.42. The Morgan fingerprint density at radius 1 is 1.25 bits per heavy atom. The highest BCUT2D eigenvalue weighted by atomic mass is 35.5. The Kier molecular flexibility index (Phi) is 2.25. The van der Waals surface area contributed by atoms with Crippen molar-refractivity contribution in [1.82, 2.24) is 4.98 Å². The lowest BCUT2D eigenvalue weighted by Crippen LogP contribution is -2.23. The number of hydrogen-bond acceptors (Lipinski definition) is 2. The molecule has 1 aliphatic rings. The molecule has 0 amide bonds. The van der Waals surface area contributed by atoms with Gasteiger partial charge in [0.05, 0.1) is 5.54 Å². The summed E-state index contributed by atoms with van der Waals surface area (Å²) in [6, 6.07) is 10.3. The van der Waals surface area contributed by atoms with Crippen LogP contribution in [0.15, 0.2) is 36.5 Å². The molecule has 0 atom stereocenters. The van der Waals surface area contributed by atoms with Crippen molar-refractivity contribution in [1.29, 1.82) is 0 Å². The van der Waals surface area contributed by atoms with Crippen LogP contribution in [0.5, 0.6) is 0 Å². The van der Waals surface area contributed by atoms with E-state index in [4.69, 9.17) is 11.6 Å². The van der Waals surface area contributed by atoms with E-state index in [9.17, 15) is 0 Å². The molecular formula is C13H13ClN2. The summed E-state index contributed by atoms with van der Waals surface area (Å²) in [7, 11) is 0. The van der Waals surface area contributed by atoms with Gasteiger partial charge in [0.15, 0.2) is 0 Å². The number of nitrogens with one attached hydrogen (secondary N) is 1. The number of fused-ring (bicyclic) bond motifs is 1. The van der Waals surface area contributed by atoms with Gasteiger partial charge in [-0.25, -0.2) is 4.98 Å². The maximum atomic E-state index is 5.97. The quantitative estimate of drug-likeness (QED) is 0.821. The van der Waals surface area contributed by atoms with E-state index in [1.165, 1.54) is 10.8 Å². The molecule has 0 unspecified atom stereocenters. The lowest BCUT2D eigenvalue weighted by atomic mass is 10.1. The van der Waals surface area contributed by atoms with Gasteiger partial charge in [-0.15, -0.1) is 11.6 Å². The van der Waals surface area contributed by atoms with Gasteiger partial charge < -0.3 is 5.32 Å². The zero-order valence-electron chi connectivity index (χ0n) is 8.91. The van der Waals surface area contributed by atoms with Crippen LogP contribution in [0, 0.1) is 0 Å². The van der Waals surface area contributed by atoms with Gasteiger partial charge in [-0.05, 0) is 24.3 Å². The molecule has 0 aliphatic heterocycles. The number of nitrogens with zero attached hydrogens (tertiary/aromatic N) is 1. The van der Waals surface area contributed by atoms with E-state index in [-0.39, 0.29) is 5.54 Å². The zero-order chi connectivity index (χ0) is 11.0. The van der Waals surface area contributed by atoms with Crippen LogP contribution in [-0.2, 0) is 0 Å². The predicted molar refractivity (Wildman–Crippen MR) is 68.1 cm³/mol. The largest absolute Gasteiger partial charge is 0.363 e. The lowest BCUT2D eigenvalue weighted by Gasteiger charge is -2.16. The highest BCUT2D eigenvalue weighted by Crippen LogP contribution is 2.40. The number of rotatable bonds is 3. The molecule has 1 aromatic heterocycles. The normalized spacial score (nSPS) is 17.3. The highest BCUT2D eigenvalue weighted by molar-refractivity contribution is 6.19. The van der Waals surface area contributed by atoms with Crippen LogP contribution in [-0.4, -0.2) is 16.4 Å². The smallest absolute Gasteiger partial charge is 0.134 e. The zero-order valence-corrected chi connectivity index (χ0v) is 9.67. The van der Waals surface area contributed by atoms with E-state index in [1.54, 1.807) is 0 Å². The molecule has 1 fully saturated rings. The van der Waals surface area contributed by atoms with E-state index >= 15 is 0 Å². The number of alkyl halides is 1. The van der Waals surface area contributed by atoms with Crippen LogP contribution < -0.4 is 5.32 Å². The molecule has 16 heavy (non-hydrogen) atoms. The van der Waals surface area contributed by atoms with Crippen LogP contribution in [0.1, 0.15) is 12.8 Å². The summed E-state index contributed by atoms with van der Waals surface area (Å²) in [5, 5.41) is 5.86. The van der Waals surface area contributed by atoms with Crippen molar-refractivity contribution >= 4 is 28.2 Å². The maximum absolute atomic E-state index is 5.97. The molecule has 2 nitrogen and oxygen atoms in total. The van der Waals surface area contributed by atoms with Crippen molar-refractivity contribution in [3.63, 3.8) is 0 Å². The average molecular weight is 233 g/mol. The monoisotopic (exact) mass is 232 g/mol. The Balaban J connectivity index is 2.03.